The van der Waals surface area contributed by atoms with Crippen LogP contribution in [-0.4, -0.2) is 57.7 Å². The Bertz CT molecular complexity index is 176. The molecule has 4 unspecified atom stereocenters. The van der Waals surface area contributed by atoms with Crippen LogP contribution in [0.15, 0.2) is 0 Å². The highest BCUT2D eigenvalue weighted by Crippen LogP contribution is 2.27. The fourth-order valence-corrected chi connectivity index (χ4v) is 2.27. The van der Waals surface area contributed by atoms with E-state index in [0.717, 1.165) is 19.4 Å². The average molecular weight is 173 g/mol. The van der Waals surface area contributed by atoms with Crippen molar-refractivity contribution in [3.8, 4) is 0 Å². The molecule has 0 aromatic heterocycles. The van der Waals surface area contributed by atoms with Crippen LogP contribution in [0.25, 0.3) is 0 Å². The zero-order valence-corrected chi connectivity index (χ0v) is 6.93. The van der Waals surface area contributed by atoms with E-state index in [9.17, 15) is 15.3 Å². The normalized spacial score (nSPS) is 49.2. The number of hydrogen-bond acceptors (Lipinski definition) is 4. The first-order valence-electron chi connectivity index (χ1n) is 4.48. The Morgan fingerprint density at radius 1 is 1.08 bits per heavy atom. The molecule has 0 saturated carbocycles. The lowest BCUT2D eigenvalue weighted by Crippen LogP contribution is -2.58. The Hall–Kier alpha value is -0.160. The Kier molecular flexibility index (Phi) is 2.08. The largest absolute Gasteiger partial charge is 0.389 e. The standard InChI is InChI=1S/C8H15NO3/c10-6-4-9-3-1-2-5(9)7(11)8(6)12/h5-8,10-12H,1-4H2. The van der Waals surface area contributed by atoms with E-state index in [1.54, 1.807) is 0 Å². The number of piperidine rings is 1. The molecule has 0 aromatic carbocycles. The summed E-state index contributed by atoms with van der Waals surface area (Å²) in [6.07, 6.45) is -0.513. The van der Waals surface area contributed by atoms with Gasteiger partial charge in [0.05, 0.1) is 12.2 Å². The number of rotatable bonds is 0. The van der Waals surface area contributed by atoms with Crippen molar-refractivity contribution >= 4 is 0 Å². The molecule has 0 amide bonds. The molecule has 2 rings (SSSR count). The highest BCUT2D eigenvalue weighted by atomic mass is 16.4. The minimum Gasteiger partial charge on any atom is -0.389 e. The smallest absolute Gasteiger partial charge is 0.108 e. The fourth-order valence-electron chi connectivity index (χ4n) is 2.27. The minimum absolute atomic E-state index is 0.0726. The maximum absolute atomic E-state index is 9.57. The van der Waals surface area contributed by atoms with Crippen molar-refractivity contribution in [3.05, 3.63) is 0 Å². The zero-order chi connectivity index (χ0) is 8.72. The van der Waals surface area contributed by atoms with E-state index in [4.69, 9.17) is 0 Å². The maximum Gasteiger partial charge on any atom is 0.108 e. The summed E-state index contributed by atoms with van der Waals surface area (Å²) in [5.41, 5.74) is 0. The molecule has 3 N–H and O–H groups in total. The summed E-state index contributed by atoms with van der Waals surface area (Å²) in [4.78, 5) is 2.06. The fraction of sp³-hybridized carbons (Fsp3) is 1.00. The topological polar surface area (TPSA) is 63.9 Å². The van der Waals surface area contributed by atoms with E-state index < -0.39 is 18.3 Å². The van der Waals surface area contributed by atoms with Gasteiger partial charge in [-0.25, -0.2) is 0 Å². The Morgan fingerprint density at radius 3 is 2.58 bits per heavy atom. The van der Waals surface area contributed by atoms with Crippen molar-refractivity contribution in [1.29, 1.82) is 0 Å². The first-order chi connectivity index (χ1) is 5.70. The van der Waals surface area contributed by atoms with E-state index in [0.29, 0.717) is 6.54 Å². The van der Waals surface area contributed by atoms with Crippen LogP contribution in [0.4, 0.5) is 0 Å². The molecule has 0 aliphatic carbocycles. The molecule has 2 fully saturated rings. The van der Waals surface area contributed by atoms with Crippen LogP contribution in [-0.2, 0) is 0 Å². The van der Waals surface area contributed by atoms with Crippen LogP contribution in [0, 0.1) is 0 Å². The second kappa shape index (κ2) is 2.96. The zero-order valence-electron chi connectivity index (χ0n) is 6.93. The Morgan fingerprint density at radius 2 is 1.83 bits per heavy atom. The molecule has 2 heterocycles. The second-order valence-electron chi connectivity index (χ2n) is 3.75. The van der Waals surface area contributed by atoms with Crippen LogP contribution >= 0.6 is 0 Å². The van der Waals surface area contributed by atoms with Crippen LogP contribution in [0.2, 0.25) is 0 Å². The van der Waals surface area contributed by atoms with Crippen molar-refractivity contribution in [2.24, 2.45) is 0 Å². The predicted molar refractivity (Wildman–Crippen MR) is 42.6 cm³/mol. The highest BCUT2D eigenvalue weighted by Gasteiger charge is 2.42. The molecule has 0 bridgehead atoms. The molecule has 0 aromatic rings. The number of fused-ring (bicyclic) bond motifs is 1. The van der Waals surface area contributed by atoms with Gasteiger partial charge in [0.15, 0.2) is 0 Å². The summed E-state index contributed by atoms with van der Waals surface area (Å²) >= 11 is 0. The average Bonchev–Trinajstić information content (AvgIpc) is 2.48. The van der Waals surface area contributed by atoms with Gasteiger partial charge in [-0.2, -0.15) is 0 Å². The van der Waals surface area contributed by atoms with Crippen molar-refractivity contribution in [1.82, 2.24) is 4.90 Å². The summed E-state index contributed by atoms with van der Waals surface area (Å²) < 4.78 is 0. The van der Waals surface area contributed by atoms with Gasteiger partial charge in [0.25, 0.3) is 0 Å². The highest BCUT2D eigenvalue weighted by molar-refractivity contribution is 4.97. The monoisotopic (exact) mass is 173 g/mol. The lowest BCUT2D eigenvalue weighted by Gasteiger charge is -2.39. The van der Waals surface area contributed by atoms with E-state index >= 15 is 0 Å². The van der Waals surface area contributed by atoms with Gasteiger partial charge in [0.1, 0.15) is 6.10 Å². The molecular weight excluding hydrogens is 158 g/mol. The molecule has 70 valence electrons. The van der Waals surface area contributed by atoms with Gasteiger partial charge < -0.3 is 15.3 Å². The molecule has 2 saturated heterocycles. The number of nitrogens with zero attached hydrogens (tertiary/aromatic N) is 1. The molecule has 4 atom stereocenters. The van der Waals surface area contributed by atoms with Crippen molar-refractivity contribution < 1.29 is 15.3 Å². The van der Waals surface area contributed by atoms with E-state index in [2.05, 4.69) is 4.90 Å². The van der Waals surface area contributed by atoms with E-state index in [1.807, 2.05) is 0 Å². The summed E-state index contributed by atoms with van der Waals surface area (Å²) in [7, 11) is 0. The SMILES string of the molecule is OC1CN2CCCC2C(O)C1O. The number of aliphatic hydroxyl groups excluding tert-OH is 3. The van der Waals surface area contributed by atoms with Gasteiger partial charge in [-0.05, 0) is 19.4 Å². The third kappa shape index (κ3) is 1.15. The maximum atomic E-state index is 9.57. The van der Waals surface area contributed by atoms with Crippen LogP contribution in [0.5, 0.6) is 0 Å². The van der Waals surface area contributed by atoms with E-state index in [-0.39, 0.29) is 6.04 Å². The molecule has 2 aliphatic rings. The van der Waals surface area contributed by atoms with Crippen LogP contribution in [0.1, 0.15) is 12.8 Å². The second-order valence-corrected chi connectivity index (χ2v) is 3.75. The number of aliphatic hydroxyl groups is 3. The van der Waals surface area contributed by atoms with Gasteiger partial charge in [-0.15, -0.1) is 0 Å². The quantitative estimate of drug-likeness (QED) is 0.419. The Labute approximate surface area is 71.4 Å². The van der Waals surface area contributed by atoms with Gasteiger partial charge in [-0.3, -0.25) is 4.90 Å². The molecule has 0 spiro atoms. The first kappa shape index (κ1) is 8.44. The molecule has 4 nitrogen and oxygen atoms in total. The summed E-state index contributed by atoms with van der Waals surface area (Å²) in [5, 5.41) is 28.3. The third-order valence-electron chi connectivity index (χ3n) is 2.97. The molecule has 4 heteroatoms. The minimum atomic E-state index is -0.954. The molecule has 2 aliphatic heterocycles. The summed E-state index contributed by atoms with van der Waals surface area (Å²) in [5.74, 6) is 0. The van der Waals surface area contributed by atoms with Crippen LogP contribution < -0.4 is 0 Å². The lowest BCUT2D eigenvalue weighted by atomic mass is 9.94. The van der Waals surface area contributed by atoms with Crippen molar-refractivity contribution in [2.75, 3.05) is 13.1 Å². The van der Waals surface area contributed by atoms with Gasteiger partial charge in [0, 0.05) is 12.6 Å². The molecular formula is C8H15NO3. The molecule has 12 heavy (non-hydrogen) atoms. The molecule has 0 radical (unpaired) electrons. The predicted octanol–water partition coefficient (Wildman–Crippen LogP) is -1.45. The Balaban J connectivity index is 2.10. The summed E-state index contributed by atoms with van der Waals surface area (Å²) in [6, 6.07) is 0.0726. The lowest BCUT2D eigenvalue weighted by molar-refractivity contribution is -0.127. The van der Waals surface area contributed by atoms with Crippen LogP contribution in [0.3, 0.4) is 0 Å². The van der Waals surface area contributed by atoms with Gasteiger partial charge in [-0.1, -0.05) is 0 Å². The van der Waals surface area contributed by atoms with Crippen molar-refractivity contribution in [2.45, 2.75) is 37.2 Å². The number of hydrogen-bond donors (Lipinski definition) is 3. The first-order valence-corrected chi connectivity index (χ1v) is 4.48. The summed E-state index contributed by atoms with van der Waals surface area (Å²) in [6.45, 7) is 1.44. The van der Waals surface area contributed by atoms with E-state index in [1.165, 1.54) is 0 Å². The third-order valence-corrected chi connectivity index (χ3v) is 2.97. The van der Waals surface area contributed by atoms with Gasteiger partial charge in [0.2, 0.25) is 0 Å². The van der Waals surface area contributed by atoms with Crippen molar-refractivity contribution in [3.63, 3.8) is 0 Å². The van der Waals surface area contributed by atoms with Gasteiger partial charge >= 0.3 is 0 Å².